The number of amides is 1. The first-order valence-corrected chi connectivity index (χ1v) is 6.99. The number of hydrogen-bond donors (Lipinski definition) is 2. The maximum Gasteiger partial charge on any atom is 0.251 e. The lowest BCUT2D eigenvalue weighted by Crippen LogP contribution is -2.33. The average Bonchev–Trinajstić information content (AvgIpc) is 2.41. The van der Waals surface area contributed by atoms with E-state index in [0.717, 1.165) is 24.3 Å². The molecule has 4 heteroatoms. The van der Waals surface area contributed by atoms with Gasteiger partial charge in [-0.15, -0.1) is 0 Å². The fourth-order valence-corrected chi connectivity index (χ4v) is 2.14. The number of nitrogens with zero attached hydrogens (tertiary/aromatic N) is 1. The molecule has 1 aromatic carbocycles. The summed E-state index contributed by atoms with van der Waals surface area (Å²) < 4.78 is 0. The number of anilines is 2. The van der Waals surface area contributed by atoms with Crippen LogP contribution in [0.2, 0.25) is 0 Å². The minimum Gasteiger partial charge on any atom is -0.397 e. The lowest BCUT2D eigenvalue weighted by molar-refractivity contribution is 0.0956. The predicted octanol–water partition coefficient (Wildman–Crippen LogP) is 2.64. The molecule has 19 heavy (non-hydrogen) atoms. The summed E-state index contributed by atoms with van der Waals surface area (Å²) in [6, 6.07) is 5.87. The molecular formula is C15H25N3O. The Hall–Kier alpha value is -1.71. The Balaban J connectivity index is 3.11. The van der Waals surface area contributed by atoms with E-state index in [1.54, 1.807) is 6.07 Å². The zero-order valence-electron chi connectivity index (χ0n) is 12.4. The van der Waals surface area contributed by atoms with Gasteiger partial charge < -0.3 is 16.0 Å². The smallest absolute Gasteiger partial charge is 0.251 e. The van der Waals surface area contributed by atoms with Gasteiger partial charge in [0.25, 0.3) is 5.91 Å². The number of benzene rings is 1. The first-order valence-electron chi connectivity index (χ1n) is 6.99. The average molecular weight is 263 g/mol. The fraction of sp³-hybridized carbons (Fsp3) is 0.533. The molecule has 1 amide bonds. The van der Waals surface area contributed by atoms with Gasteiger partial charge in [0, 0.05) is 24.7 Å². The van der Waals surface area contributed by atoms with Gasteiger partial charge in [-0.1, -0.05) is 6.92 Å². The van der Waals surface area contributed by atoms with Gasteiger partial charge in [-0.3, -0.25) is 4.79 Å². The van der Waals surface area contributed by atoms with Crippen molar-refractivity contribution in [3.63, 3.8) is 0 Å². The van der Waals surface area contributed by atoms with E-state index in [-0.39, 0.29) is 5.91 Å². The van der Waals surface area contributed by atoms with Gasteiger partial charge in [-0.2, -0.15) is 0 Å². The highest BCUT2D eigenvalue weighted by Gasteiger charge is 2.16. The number of nitrogens with one attached hydrogen (secondary N) is 1. The standard InChI is InChI=1S/C15H25N3O/c1-5-11(4)18(7-3)14-10-12(8-9-13(14)16)15(19)17-6-2/h8-11H,5-7,16H2,1-4H3,(H,17,19). The van der Waals surface area contributed by atoms with Crippen molar-refractivity contribution >= 4 is 17.3 Å². The Morgan fingerprint density at radius 2 is 2.05 bits per heavy atom. The molecule has 1 atom stereocenters. The molecule has 1 unspecified atom stereocenters. The third kappa shape index (κ3) is 3.63. The second-order valence-electron chi connectivity index (χ2n) is 4.68. The summed E-state index contributed by atoms with van der Waals surface area (Å²) in [7, 11) is 0. The van der Waals surface area contributed by atoms with Crippen molar-refractivity contribution in [2.75, 3.05) is 23.7 Å². The van der Waals surface area contributed by atoms with Gasteiger partial charge in [-0.25, -0.2) is 0 Å². The number of nitrogens with two attached hydrogens (primary N) is 1. The van der Waals surface area contributed by atoms with E-state index in [2.05, 4.69) is 31.0 Å². The zero-order valence-corrected chi connectivity index (χ0v) is 12.4. The number of carbonyl (C=O) groups excluding carboxylic acids is 1. The van der Waals surface area contributed by atoms with Crippen LogP contribution in [0.5, 0.6) is 0 Å². The molecule has 0 spiro atoms. The quantitative estimate of drug-likeness (QED) is 0.776. The minimum absolute atomic E-state index is 0.0519. The fourth-order valence-electron chi connectivity index (χ4n) is 2.14. The van der Waals surface area contributed by atoms with Gasteiger partial charge >= 0.3 is 0 Å². The van der Waals surface area contributed by atoms with Gasteiger partial charge in [0.2, 0.25) is 0 Å². The van der Waals surface area contributed by atoms with E-state index in [1.165, 1.54) is 0 Å². The van der Waals surface area contributed by atoms with Crippen LogP contribution in [-0.2, 0) is 0 Å². The number of carbonyl (C=O) groups is 1. The lowest BCUT2D eigenvalue weighted by Gasteiger charge is -2.30. The van der Waals surface area contributed by atoms with Crippen molar-refractivity contribution in [3.8, 4) is 0 Å². The molecule has 0 aliphatic rings. The maximum atomic E-state index is 11.9. The van der Waals surface area contributed by atoms with Crippen LogP contribution in [0.25, 0.3) is 0 Å². The second kappa shape index (κ2) is 7.02. The Bertz CT molecular complexity index is 431. The molecule has 0 aromatic heterocycles. The van der Waals surface area contributed by atoms with E-state index < -0.39 is 0 Å². The SMILES string of the molecule is CCNC(=O)c1ccc(N)c(N(CC)C(C)CC)c1. The van der Waals surface area contributed by atoms with E-state index >= 15 is 0 Å². The van der Waals surface area contributed by atoms with Crippen LogP contribution in [0.4, 0.5) is 11.4 Å². The van der Waals surface area contributed by atoms with E-state index in [1.807, 2.05) is 19.1 Å². The van der Waals surface area contributed by atoms with Gasteiger partial charge in [0.15, 0.2) is 0 Å². The molecule has 106 valence electrons. The molecule has 0 aliphatic carbocycles. The van der Waals surface area contributed by atoms with Crippen molar-refractivity contribution in [2.45, 2.75) is 40.2 Å². The highest BCUT2D eigenvalue weighted by molar-refractivity contribution is 5.96. The monoisotopic (exact) mass is 263 g/mol. The topological polar surface area (TPSA) is 58.4 Å². The number of hydrogen-bond acceptors (Lipinski definition) is 3. The van der Waals surface area contributed by atoms with Crippen LogP contribution in [0.3, 0.4) is 0 Å². The first kappa shape index (κ1) is 15.3. The van der Waals surface area contributed by atoms with E-state index in [9.17, 15) is 4.79 Å². The second-order valence-corrected chi connectivity index (χ2v) is 4.68. The molecule has 0 aliphatic heterocycles. The molecule has 0 fully saturated rings. The summed E-state index contributed by atoms with van der Waals surface area (Å²) in [4.78, 5) is 14.1. The van der Waals surface area contributed by atoms with Crippen LogP contribution in [-0.4, -0.2) is 25.0 Å². The largest absolute Gasteiger partial charge is 0.397 e. The van der Waals surface area contributed by atoms with Crippen LogP contribution < -0.4 is 16.0 Å². The van der Waals surface area contributed by atoms with Crippen LogP contribution >= 0.6 is 0 Å². The van der Waals surface area contributed by atoms with E-state index in [0.29, 0.717) is 18.2 Å². The minimum atomic E-state index is -0.0519. The Morgan fingerprint density at radius 3 is 2.58 bits per heavy atom. The van der Waals surface area contributed by atoms with Gasteiger partial charge in [0.05, 0.1) is 11.4 Å². The summed E-state index contributed by atoms with van der Waals surface area (Å²) in [6.45, 7) is 9.83. The lowest BCUT2D eigenvalue weighted by atomic mass is 10.1. The zero-order chi connectivity index (χ0) is 14.4. The predicted molar refractivity (Wildman–Crippen MR) is 81.6 cm³/mol. The van der Waals surface area contributed by atoms with Crippen LogP contribution in [0.1, 0.15) is 44.5 Å². The summed E-state index contributed by atoms with van der Waals surface area (Å²) in [6.07, 6.45) is 1.04. The maximum absolute atomic E-state index is 11.9. The molecule has 3 N–H and O–H groups in total. The summed E-state index contributed by atoms with van der Waals surface area (Å²) in [5.74, 6) is -0.0519. The third-order valence-corrected chi connectivity index (χ3v) is 3.40. The number of nitrogen functional groups attached to an aromatic ring is 1. The highest BCUT2D eigenvalue weighted by Crippen LogP contribution is 2.27. The molecule has 1 rings (SSSR count). The van der Waals surface area contributed by atoms with E-state index in [4.69, 9.17) is 5.73 Å². The molecule has 1 aromatic rings. The normalized spacial score (nSPS) is 12.0. The molecule has 0 saturated carbocycles. The molecule has 0 radical (unpaired) electrons. The van der Waals surface area contributed by atoms with Crippen LogP contribution in [0, 0.1) is 0 Å². The Labute approximate surface area is 116 Å². The molecule has 0 bridgehead atoms. The summed E-state index contributed by atoms with van der Waals surface area (Å²) in [5, 5.41) is 2.81. The molecular weight excluding hydrogens is 238 g/mol. The van der Waals surface area contributed by atoms with Crippen molar-refractivity contribution in [1.29, 1.82) is 0 Å². The Morgan fingerprint density at radius 1 is 1.37 bits per heavy atom. The highest BCUT2D eigenvalue weighted by atomic mass is 16.1. The van der Waals surface area contributed by atoms with Crippen molar-refractivity contribution < 1.29 is 4.79 Å². The van der Waals surface area contributed by atoms with Crippen molar-refractivity contribution in [2.24, 2.45) is 0 Å². The van der Waals surface area contributed by atoms with Crippen molar-refractivity contribution in [1.82, 2.24) is 5.32 Å². The summed E-state index contributed by atoms with van der Waals surface area (Å²) >= 11 is 0. The Kier molecular flexibility index (Phi) is 5.67. The first-order chi connectivity index (χ1) is 9.04. The molecule has 0 heterocycles. The summed E-state index contributed by atoms with van der Waals surface area (Å²) in [5.41, 5.74) is 8.38. The molecule has 0 saturated heterocycles. The van der Waals surface area contributed by atoms with Gasteiger partial charge in [-0.05, 0) is 45.4 Å². The third-order valence-electron chi connectivity index (χ3n) is 3.40. The van der Waals surface area contributed by atoms with Gasteiger partial charge in [0.1, 0.15) is 0 Å². The number of rotatable bonds is 6. The van der Waals surface area contributed by atoms with Crippen LogP contribution in [0.15, 0.2) is 18.2 Å². The molecule has 4 nitrogen and oxygen atoms in total. The van der Waals surface area contributed by atoms with Crippen molar-refractivity contribution in [3.05, 3.63) is 23.8 Å².